The summed E-state index contributed by atoms with van der Waals surface area (Å²) in [7, 11) is 0. The number of non-ortho nitro benzene ring substituents is 1. The van der Waals surface area contributed by atoms with Gasteiger partial charge in [0.1, 0.15) is 6.17 Å². The van der Waals surface area contributed by atoms with E-state index in [9.17, 15) is 14.9 Å². The molecule has 1 aromatic rings. The third kappa shape index (κ3) is 2.50. The number of benzene rings is 1. The van der Waals surface area contributed by atoms with Crippen LogP contribution in [0.15, 0.2) is 24.3 Å². The largest absolute Gasteiger partial charge is 0.376 e. The van der Waals surface area contributed by atoms with Crippen LogP contribution in [0.1, 0.15) is 25.1 Å². The Morgan fingerprint density at radius 3 is 2.95 bits per heavy atom. The summed E-state index contributed by atoms with van der Waals surface area (Å²) in [6, 6.07) is 6.42. The maximum atomic E-state index is 12.2. The van der Waals surface area contributed by atoms with Crippen LogP contribution in [0, 0.1) is 10.1 Å². The summed E-state index contributed by atoms with van der Waals surface area (Å²) in [6.07, 6.45) is 0.446. The molecule has 2 heterocycles. The Hall–Kier alpha value is -1.99. The average molecular weight is 291 g/mol. The van der Waals surface area contributed by atoms with E-state index in [4.69, 9.17) is 4.74 Å². The lowest BCUT2D eigenvalue weighted by atomic mass is 10.1. The predicted molar refractivity (Wildman–Crippen MR) is 74.5 cm³/mol. The van der Waals surface area contributed by atoms with Gasteiger partial charge in [-0.1, -0.05) is 12.1 Å². The molecule has 2 aliphatic rings. The van der Waals surface area contributed by atoms with Crippen molar-refractivity contribution in [2.75, 3.05) is 13.2 Å². The van der Waals surface area contributed by atoms with Gasteiger partial charge in [0.15, 0.2) is 0 Å². The zero-order valence-corrected chi connectivity index (χ0v) is 11.7. The summed E-state index contributed by atoms with van der Waals surface area (Å²) in [5, 5.41) is 14.0. The number of ether oxygens (including phenoxy) is 1. The van der Waals surface area contributed by atoms with Gasteiger partial charge in [-0.25, -0.2) is 0 Å². The van der Waals surface area contributed by atoms with Gasteiger partial charge in [0.25, 0.3) is 5.69 Å². The minimum Gasteiger partial charge on any atom is -0.376 e. The fourth-order valence-corrected chi connectivity index (χ4v) is 3.07. The molecule has 2 aliphatic heterocycles. The number of nitrogens with one attached hydrogen (secondary N) is 1. The van der Waals surface area contributed by atoms with E-state index in [1.165, 1.54) is 12.1 Å². The van der Waals surface area contributed by atoms with Crippen LogP contribution in [0.5, 0.6) is 0 Å². The van der Waals surface area contributed by atoms with Crippen molar-refractivity contribution in [2.45, 2.75) is 31.7 Å². The zero-order valence-electron chi connectivity index (χ0n) is 11.7. The molecule has 7 nitrogen and oxygen atoms in total. The van der Waals surface area contributed by atoms with Crippen molar-refractivity contribution < 1.29 is 14.5 Å². The Morgan fingerprint density at radius 1 is 1.48 bits per heavy atom. The summed E-state index contributed by atoms with van der Waals surface area (Å²) in [5.74, 6) is 0.00820. The van der Waals surface area contributed by atoms with Crippen molar-refractivity contribution in [2.24, 2.45) is 0 Å². The first-order valence-electron chi connectivity index (χ1n) is 6.98. The molecule has 2 fully saturated rings. The fourth-order valence-electron chi connectivity index (χ4n) is 3.07. The second kappa shape index (κ2) is 5.42. The number of nitrogens with zero attached hydrogens (tertiary/aromatic N) is 2. The standard InChI is InChI=1S/C14H17N3O4/c1-9-12(5-6-21-9)16-13(18)8-15-14(16)10-3-2-4-11(7-10)17(19)20/h2-4,7,9,12,14-15H,5-6,8H2,1H3. The van der Waals surface area contributed by atoms with Gasteiger partial charge in [-0.15, -0.1) is 0 Å². The Labute approximate surface area is 122 Å². The quantitative estimate of drug-likeness (QED) is 0.668. The molecular weight excluding hydrogens is 274 g/mol. The number of amides is 1. The molecule has 2 saturated heterocycles. The first-order valence-corrected chi connectivity index (χ1v) is 6.98. The van der Waals surface area contributed by atoms with Crippen LogP contribution in [0.4, 0.5) is 5.69 Å². The number of hydrogen-bond acceptors (Lipinski definition) is 5. The SMILES string of the molecule is CC1OCCC1N1C(=O)CNC1c1cccc([N+](=O)[O-])c1. The molecule has 0 spiro atoms. The van der Waals surface area contributed by atoms with Crippen LogP contribution in [0.3, 0.4) is 0 Å². The van der Waals surface area contributed by atoms with Crippen LogP contribution < -0.4 is 5.32 Å². The van der Waals surface area contributed by atoms with Gasteiger partial charge in [0.2, 0.25) is 5.91 Å². The lowest BCUT2D eigenvalue weighted by Crippen LogP contribution is -2.43. The molecule has 3 rings (SSSR count). The third-order valence-electron chi connectivity index (χ3n) is 4.10. The first-order chi connectivity index (χ1) is 10.1. The lowest BCUT2D eigenvalue weighted by molar-refractivity contribution is -0.385. The van der Waals surface area contributed by atoms with Gasteiger partial charge in [0, 0.05) is 18.7 Å². The predicted octanol–water partition coefficient (Wildman–Crippen LogP) is 1.20. The van der Waals surface area contributed by atoms with E-state index >= 15 is 0 Å². The molecule has 1 N–H and O–H groups in total. The second-order valence-electron chi connectivity index (χ2n) is 5.37. The molecule has 21 heavy (non-hydrogen) atoms. The third-order valence-corrected chi connectivity index (χ3v) is 4.10. The maximum Gasteiger partial charge on any atom is 0.269 e. The monoisotopic (exact) mass is 291 g/mol. The summed E-state index contributed by atoms with van der Waals surface area (Å²) in [6.45, 7) is 2.83. The highest BCUT2D eigenvalue weighted by atomic mass is 16.6. The first kappa shape index (κ1) is 14.0. The van der Waals surface area contributed by atoms with Crippen molar-refractivity contribution in [3.63, 3.8) is 0 Å². The molecule has 3 unspecified atom stereocenters. The smallest absolute Gasteiger partial charge is 0.269 e. The molecule has 0 saturated carbocycles. The molecule has 1 aromatic carbocycles. The molecule has 0 radical (unpaired) electrons. The number of nitro benzene ring substituents is 1. The molecular formula is C14H17N3O4. The van der Waals surface area contributed by atoms with E-state index < -0.39 is 4.92 Å². The number of carbonyl (C=O) groups excluding carboxylic acids is 1. The number of rotatable bonds is 3. The molecule has 3 atom stereocenters. The molecule has 0 aliphatic carbocycles. The number of carbonyl (C=O) groups is 1. The van der Waals surface area contributed by atoms with E-state index in [2.05, 4.69) is 5.32 Å². The van der Waals surface area contributed by atoms with E-state index in [0.717, 1.165) is 12.0 Å². The van der Waals surface area contributed by atoms with Gasteiger partial charge in [-0.2, -0.15) is 0 Å². The summed E-state index contributed by atoms with van der Waals surface area (Å²) in [4.78, 5) is 24.4. The van der Waals surface area contributed by atoms with E-state index in [-0.39, 0.29) is 36.5 Å². The Morgan fingerprint density at radius 2 is 2.29 bits per heavy atom. The van der Waals surface area contributed by atoms with Crippen molar-refractivity contribution in [1.82, 2.24) is 10.2 Å². The van der Waals surface area contributed by atoms with Crippen molar-refractivity contribution >= 4 is 11.6 Å². The van der Waals surface area contributed by atoms with Crippen molar-refractivity contribution in [3.05, 3.63) is 39.9 Å². The molecule has 7 heteroatoms. The van der Waals surface area contributed by atoms with Crippen LogP contribution in [0.25, 0.3) is 0 Å². The van der Waals surface area contributed by atoms with Gasteiger partial charge < -0.3 is 9.64 Å². The summed E-state index contributed by atoms with van der Waals surface area (Å²) < 4.78 is 5.54. The minimum atomic E-state index is -0.425. The van der Waals surface area contributed by atoms with E-state index in [1.54, 1.807) is 17.0 Å². The second-order valence-corrected chi connectivity index (χ2v) is 5.37. The molecule has 0 aromatic heterocycles. The Balaban J connectivity index is 1.91. The topological polar surface area (TPSA) is 84.7 Å². The Kier molecular flexibility index (Phi) is 3.60. The van der Waals surface area contributed by atoms with Crippen LogP contribution in [0.2, 0.25) is 0 Å². The Bertz CT molecular complexity index is 577. The van der Waals surface area contributed by atoms with Crippen molar-refractivity contribution in [3.8, 4) is 0 Å². The number of nitro groups is 1. The molecule has 0 bridgehead atoms. The highest BCUT2D eigenvalue weighted by Crippen LogP contribution is 2.31. The van der Waals surface area contributed by atoms with Crippen molar-refractivity contribution in [1.29, 1.82) is 0 Å². The highest BCUT2D eigenvalue weighted by Gasteiger charge is 2.41. The molecule has 112 valence electrons. The van der Waals surface area contributed by atoms with Gasteiger partial charge in [-0.05, 0) is 18.9 Å². The highest BCUT2D eigenvalue weighted by molar-refractivity contribution is 5.81. The maximum absolute atomic E-state index is 12.2. The van der Waals surface area contributed by atoms with Crippen LogP contribution >= 0.6 is 0 Å². The number of hydrogen-bond donors (Lipinski definition) is 1. The normalized spacial score (nSPS) is 29.1. The lowest BCUT2D eigenvalue weighted by Gasteiger charge is -2.32. The summed E-state index contributed by atoms with van der Waals surface area (Å²) >= 11 is 0. The van der Waals surface area contributed by atoms with Gasteiger partial charge in [-0.3, -0.25) is 20.2 Å². The average Bonchev–Trinajstić information content (AvgIpc) is 3.04. The van der Waals surface area contributed by atoms with E-state index in [1.807, 2.05) is 6.92 Å². The zero-order chi connectivity index (χ0) is 15.0. The van der Waals surface area contributed by atoms with Crippen LogP contribution in [-0.4, -0.2) is 41.0 Å². The fraction of sp³-hybridized carbons (Fsp3) is 0.500. The van der Waals surface area contributed by atoms with Gasteiger partial charge in [0.05, 0.1) is 23.6 Å². The minimum absolute atomic E-state index is 0.00820. The van der Waals surface area contributed by atoms with E-state index in [0.29, 0.717) is 6.61 Å². The summed E-state index contributed by atoms with van der Waals surface area (Å²) in [5.41, 5.74) is 0.762. The van der Waals surface area contributed by atoms with Gasteiger partial charge >= 0.3 is 0 Å². The van der Waals surface area contributed by atoms with Crippen LogP contribution in [-0.2, 0) is 9.53 Å². The molecule has 1 amide bonds.